The lowest BCUT2D eigenvalue weighted by atomic mass is 10.1. The van der Waals surface area contributed by atoms with Crippen molar-refractivity contribution in [3.63, 3.8) is 0 Å². The molecule has 0 aliphatic heterocycles. The topological polar surface area (TPSA) is 37.3 Å². The molecule has 1 aromatic rings. The Kier molecular flexibility index (Phi) is 5.29. The van der Waals surface area contributed by atoms with E-state index in [0.29, 0.717) is 5.56 Å². The third-order valence-electron chi connectivity index (χ3n) is 1.99. The molecule has 0 aromatic heterocycles. The van der Waals surface area contributed by atoms with Crippen molar-refractivity contribution in [3.05, 3.63) is 33.6 Å². The summed E-state index contributed by atoms with van der Waals surface area (Å²) in [7, 11) is 0. The molecule has 0 saturated heterocycles. The van der Waals surface area contributed by atoms with E-state index in [2.05, 4.69) is 0 Å². The average Bonchev–Trinajstić information content (AvgIpc) is 2.23. The number of rotatable bonds is 1. The Hall–Kier alpha value is -1.09. The van der Waals surface area contributed by atoms with Gasteiger partial charge in [-0.15, -0.1) is 0 Å². The predicted octanol–water partition coefficient (Wildman–Crippen LogP) is 3.82. The lowest BCUT2D eigenvalue weighted by Gasteiger charge is -2.06. The standard InChI is InChI=1S/C9H8ClFO2.C2H6/c1-4-5(2)8(11)6(9(12)13)3-7(4)10;1-2/h3H,1-2H3,(H,12,13);1-2H3. The van der Waals surface area contributed by atoms with E-state index in [1.807, 2.05) is 13.8 Å². The van der Waals surface area contributed by atoms with Crippen LogP contribution in [0.15, 0.2) is 6.07 Å². The molecule has 1 N–H and O–H groups in total. The van der Waals surface area contributed by atoms with Gasteiger partial charge in [0.15, 0.2) is 0 Å². The molecule has 2 nitrogen and oxygen atoms in total. The molecule has 0 aliphatic carbocycles. The summed E-state index contributed by atoms with van der Waals surface area (Å²) in [5.41, 5.74) is 0.474. The Bertz CT molecular complexity index is 375. The van der Waals surface area contributed by atoms with Gasteiger partial charge in [0.1, 0.15) is 5.82 Å². The zero-order valence-corrected chi connectivity index (χ0v) is 9.94. The van der Waals surface area contributed by atoms with Crippen LogP contribution in [0.5, 0.6) is 0 Å². The van der Waals surface area contributed by atoms with Gasteiger partial charge >= 0.3 is 5.97 Å². The highest BCUT2D eigenvalue weighted by molar-refractivity contribution is 6.31. The first-order valence-electron chi connectivity index (χ1n) is 4.63. The SMILES string of the molecule is CC.Cc1c(Cl)cc(C(=O)O)c(F)c1C. The van der Waals surface area contributed by atoms with Crippen LogP contribution in [0.3, 0.4) is 0 Å². The maximum atomic E-state index is 13.3. The van der Waals surface area contributed by atoms with Gasteiger partial charge in [0.05, 0.1) is 5.56 Å². The first-order valence-corrected chi connectivity index (χ1v) is 5.01. The van der Waals surface area contributed by atoms with Crippen molar-refractivity contribution in [1.82, 2.24) is 0 Å². The fourth-order valence-corrected chi connectivity index (χ4v) is 1.25. The number of halogens is 2. The summed E-state index contributed by atoms with van der Waals surface area (Å²) in [6, 6.07) is 1.13. The molecule has 1 rings (SSSR count). The first kappa shape index (κ1) is 13.9. The van der Waals surface area contributed by atoms with E-state index in [9.17, 15) is 9.18 Å². The van der Waals surface area contributed by atoms with Crippen LogP contribution in [0.1, 0.15) is 35.3 Å². The van der Waals surface area contributed by atoms with Crippen LogP contribution in [0.25, 0.3) is 0 Å². The van der Waals surface area contributed by atoms with E-state index in [4.69, 9.17) is 16.7 Å². The highest BCUT2D eigenvalue weighted by Gasteiger charge is 2.16. The average molecular weight is 233 g/mol. The second-order valence-electron chi connectivity index (χ2n) is 2.78. The fourth-order valence-electron chi connectivity index (χ4n) is 1.000. The number of carboxylic acid groups (broad SMARTS) is 1. The van der Waals surface area contributed by atoms with E-state index >= 15 is 0 Å². The van der Waals surface area contributed by atoms with Crippen molar-refractivity contribution < 1.29 is 14.3 Å². The molecule has 4 heteroatoms. The van der Waals surface area contributed by atoms with Crippen molar-refractivity contribution in [3.8, 4) is 0 Å². The monoisotopic (exact) mass is 232 g/mol. The van der Waals surface area contributed by atoms with Gasteiger partial charge in [-0.1, -0.05) is 25.4 Å². The van der Waals surface area contributed by atoms with Crippen LogP contribution < -0.4 is 0 Å². The molecule has 0 unspecified atom stereocenters. The molecule has 0 amide bonds. The second-order valence-corrected chi connectivity index (χ2v) is 3.18. The summed E-state index contributed by atoms with van der Waals surface area (Å²) >= 11 is 5.71. The smallest absolute Gasteiger partial charge is 0.338 e. The molecule has 0 bridgehead atoms. The van der Waals surface area contributed by atoms with Crippen molar-refractivity contribution >= 4 is 17.6 Å². The molecule has 1 aromatic carbocycles. The normalized spacial score (nSPS) is 9.20. The quantitative estimate of drug-likeness (QED) is 0.799. The molecule has 0 radical (unpaired) electrons. The number of hydrogen-bond donors (Lipinski definition) is 1. The minimum absolute atomic E-state index is 0.274. The molecule has 0 heterocycles. The van der Waals surface area contributed by atoms with E-state index < -0.39 is 11.8 Å². The molecule has 0 aliphatic rings. The number of hydrogen-bond acceptors (Lipinski definition) is 1. The number of benzene rings is 1. The van der Waals surface area contributed by atoms with Crippen LogP contribution in [0, 0.1) is 19.7 Å². The third kappa shape index (κ3) is 2.93. The molecular formula is C11H14ClFO2. The highest BCUT2D eigenvalue weighted by atomic mass is 35.5. The fraction of sp³-hybridized carbons (Fsp3) is 0.364. The Morgan fingerprint density at radius 2 is 1.80 bits per heavy atom. The first-order chi connectivity index (χ1) is 6.95. The summed E-state index contributed by atoms with van der Waals surface area (Å²) in [5.74, 6) is -2.02. The molecule has 0 fully saturated rings. The van der Waals surface area contributed by atoms with Gasteiger partial charge in [0.2, 0.25) is 0 Å². The molecule has 84 valence electrons. The Morgan fingerprint density at radius 1 is 1.33 bits per heavy atom. The summed E-state index contributed by atoms with van der Waals surface area (Å²) in [6.07, 6.45) is 0. The van der Waals surface area contributed by atoms with Gasteiger partial charge in [-0.3, -0.25) is 0 Å². The van der Waals surface area contributed by atoms with Gasteiger partial charge < -0.3 is 5.11 Å². The van der Waals surface area contributed by atoms with Crippen molar-refractivity contribution in [2.24, 2.45) is 0 Å². The van der Waals surface area contributed by atoms with Gasteiger partial charge in [-0.2, -0.15) is 0 Å². The predicted molar refractivity (Wildman–Crippen MR) is 59.2 cm³/mol. The number of carboxylic acids is 1. The lowest BCUT2D eigenvalue weighted by molar-refractivity contribution is 0.0691. The number of aromatic carboxylic acids is 1. The molecule has 0 atom stereocenters. The maximum absolute atomic E-state index is 13.3. The molecular weight excluding hydrogens is 219 g/mol. The minimum atomic E-state index is -1.30. The maximum Gasteiger partial charge on any atom is 0.338 e. The summed E-state index contributed by atoms with van der Waals surface area (Å²) in [6.45, 7) is 7.15. The van der Waals surface area contributed by atoms with E-state index in [-0.39, 0.29) is 16.1 Å². The summed E-state index contributed by atoms with van der Waals surface area (Å²) in [5, 5.41) is 8.88. The number of carbonyl (C=O) groups is 1. The Labute approximate surface area is 93.7 Å². The van der Waals surface area contributed by atoms with Crippen LogP contribution in [-0.4, -0.2) is 11.1 Å². The summed E-state index contributed by atoms with van der Waals surface area (Å²) in [4.78, 5) is 10.5. The zero-order chi connectivity index (χ0) is 12.2. The molecule has 15 heavy (non-hydrogen) atoms. The van der Waals surface area contributed by atoms with Crippen LogP contribution in [-0.2, 0) is 0 Å². The minimum Gasteiger partial charge on any atom is -0.478 e. The van der Waals surface area contributed by atoms with Crippen molar-refractivity contribution in [2.45, 2.75) is 27.7 Å². The van der Waals surface area contributed by atoms with E-state index in [0.717, 1.165) is 6.07 Å². The Balaban J connectivity index is 0.000000921. The zero-order valence-electron chi connectivity index (χ0n) is 9.19. The van der Waals surface area contributed by atoms with E-state index in [1.54, 1.807) is 6.92 Å². The summed E-state index contributed by atoms with van der Waals surface area (Å²) < 4.78 is 13.3. The third-order valence-corrected chi connectivity index (χ3v) is 2.38. The highest BCUT2D eigenvalue weighted by Crippen LogP contribution is 2.24. The molecule has 0 spiro atoms. The lowest BCUT2D eigenvalue weighted by Crippen LogP contribution is -2.03. The van der Waals surface area contributed by atoms with Gasteiger partial charge in [-0.05, 0) is 31.0 Å². The van der Waals surface area contributed by atoms with Crippen LogP contribution in [0.2, 0.25) is 5.02 Å². The van der Waals surface area contributed by atoms with Gasteiger partial charge in [-0.25, -0.2) is 9.18 Å². The molecule has 0 saturated carbocycles. The van der Waals surface area contributed by atoms with Crippen molar-refractivity contribution in [2.75, 3.05) is 0 Å². The van der Waals surface area contributed by atoms with Crippen LogP contribution >= 0.6 is 11.6 Å². The van der Waals surface area contributed by atoms with Crippen molar-refractivity contribution in [1.29, 1.82) is 0 Å². The largest absolute Gasteiger partial charge is 0.478 e. The Morgan fingerprint density at radius 3 is 2.20 bits per heavy atom. The van der Waals surface area contributed by atoms with E-state index in [1.165, 1.54) is 6.92 Å². The van der Waals surface area contributed by atoms with Gasteiger partial charge in [0, 0.05) is 5.02 Å². The van der Waals surface area contributed by atoms with Gasteiger partial charge in [0.25, 0.3) is 0 Å². The second kappa shape index (κ2) is 5.71. The van der Waals surface area contributed by atoms with Crippen LogP contribution in [0.4, 0.5) is 4.39 Å².